The average molecular weight is 598 g/mol. The van der Waals surface area contributed by atoms with Crippen LogP contribution in [-0.2, 0) is 26.2 Å². The van der Waals surface area contributed by atoms with Crippen LogP contribution in [0.5, 0.6) is 0 Å². The van der Waals surface area contributed by atoms with E-state index in [4.69, 9.17) is 23.2 Å². The van der Waals surface area contributed by atoms with E-state index < -0.39 is 34.4 Å². The van der Waals surface area contributed by atoms with Crippen LogP contribution in [0.25, 0.3) is 0 Å². The molecule has 0 aliphatic heterocycles. The topological polar surface area (TPSA) is 86.8 Å². The van der Waals surface area contributed by atoms with Gasteiger partial charge in [0.1, 0.15) is 12.6 Å². The van der Waals surface area contributed by atoms with Crippen LogP contribution in [-0.4, -0.2) is 51.0 Å². The predicted molar refractivity (Wildman–Crippen MR) is 132 cm³/mol. The molecule has 0 bridgehead atoms. The molecule has 168 valence electrons. The molecule has 2 aromatic carbocycles. The second kappa shape index (κ2) is 10.8. The number of sulfonamides is 1. The maximum atomic E-state index is 13.3. The molecule has 7 nitrogen and oxygen atoms in total. The van der Waals surface area contributed by atoms with Gasteiger partial charge in [-0.25, -0.2) is 8.42 Å². The molecule has 0 aliphatic rings. The second-order valence-electron chi connectivity index (χ2n) is 6.76. The highest BCUT2D eigenvalue weighted by molar-refractivity contribution is 14.1. The first kappa shape index (κ1) is 25.7. The van der Waals surface area contributed by atoms with Crippen molar-refractivity contribution in [1.82, 2.24) is 10.2 Å². The molecule has 2 rings (SSSR count). The van der Waals surface area contributed by atoms with Crippen LogP contribution in [0.15, 0.2) is 42.5 Å². The van der Waals surface area contributed by atoms with E-state index in [1.54, 1.807) is 49.4 Å². The number of amides is 2. The summed E-state index contributed by atoms with van der Waals surface area (Å²) in [6, 6.07) is 10.8. The minimum Gasteiger partial charge on any atom is -0.357 e. The lowest BCUT2D eigenvalue weighted by molar-refractivity contribution is -0.139. The number of anilines is 1. The molecular weight excluding hydrogens is 576 g/mol. The fraction of sp³-hybridized carbons (Fsp3) is 0.300. The number of likely N-dealkylation sites (N-methyl/N-ethyl adjacent to an activating group) is 1. The number of benzene rings is 2. The third-order valence-electron chi connectivity index (χ3n) is 4.60. The quantitative estimate of drug-likeness (QED) is 0.472. The van der Waals surface area contributed by atoms with E-state index in [-0.39, 0.29) is 6.54 Å². The molecule has 0 saturated heterocycles. The Kier molecular flexibility index (Phi) is 8.99. The fourth-order valence-electron chi connectivity index (χ4n) is 2.87. The third-order valence-corrected chi connectivity index (χ3v) is 7.17. The largest absolute Gasteiger partial charge is 0.357 e. The second-order valence-corrected chi connectivity index (χ2v) is 10.7. The van der Waals surface area contributed by atoms with Crippen molar-refractivity contribution >= 4 is 73.3 Å². The van der Waals surface area contributed by atoms with Crippen LogP contribution in [0.3, 0.4) is 0 Å². The van der Waals surface area contributed by atoms with Gasteiger partial charge in [0.2, 0.25) is 21.8 Å². The van der Waals surface area contributed by atoms with Gasteiger partial charge in [-0.1, -0.05) is 29.3 Å². The molecule has 2 amide bonds. The molecule has 1 atom stereocenters. The van der Waals surface area contributed by atoms with Crippen molar-refractivity contribution in [2.45, 2.75) is 19.5 Å². The van der Waals surface area contributed by atoms with Crippen LogP contribution >= 0.6 is 45.8 Å². The molecule has 1 N–H and O–H groups in total. The zero-order valence-corrected chi connectivity index (χ0v) is 21.6. The first-order chi connectivity index (χ1) is 14.5. The fourth-order valence-corrected chi connectivity index (χ4v) is 4.59. The number of halogens is 3. The zero-order chi connectivity index (χ0) is 23.3. The number of rotatable bonds is 8. The molecule has 0 heterocycles. The summed E-state index contributed by atoms with van der Waals surface area (Å²) in [6.07, 6.45) is 1.02. The number of hydrogen-bond donors (Lipinski definition) is 1. The summed E-state index contributed by atoms with van der Waals surface area (Å²) in [7, 11) is -2.31. The number of nitrogens with zero attached hydrogens (tertiary/aromatic N) is 2. The highest BCUT2D eigenvalue weighted by Gasteiger charge is 2.30. The van der Waals surface area contributed by atoms with Crippen LogP contribution in [0.1, 0.15) is 12.5 Å². The molecule has 11 heteroatoms. The van der Waals surface area contributed by atoms with Crippen molar-refractivity contribution in [3.8, 4) is 0 Å². The summed E-state index contributed by atoms with van der Waals surface area (Å²) in [4.78, 5) is 26.8. The Hall–Kier alpha value is -1.56. The monoisotopic (exact) mass is 597 g/mol. The van der Waals surface area contributed by atoms with Crippen molar-refractivity contribution in [2.24, 2.45) is 0 Å². The number of carbonyl (C=O) groups excluding carboxylic acids is 2. The molecule has 0 aromatic heterocycles. The van der Waals surface area contributed by atoms with Crippen molar-refractivity contribution in [3.05, 3.63) is 61.6 Å². The number of nitrogens with one attached hydrogen (secondary N) is 1. The van der Waals surface area contributed by atoms with Crippen molar-refractivity contribution in [1.29, 1.82) is 0 Å². The predicted octanol–water partition coefficient (Wildman–Crippen LogP) is 3.53. The molecule has 0 spiro atoms. The van der Waals surface area contributed by atoms with Gasteiger partial charge in [-0.3, -0.25) is 13.9 Å². The van der Waals surface area contributed by atoms with Crippen molar-refractivity contribution in [3.63, 3.8) is 0 Å². The summed E-state index contributed by atoms with van der Waals surface area (Å²) in [5, 5.41) is 3.18. The summed E-state index contributed by atoms with van der Waals surface area (Å²) in [5.41, 5.74) is 0.815. The normalized spacial score (nSPS) is 12.2. The van der Waals surface area contributed by atoms with E-state index in [9.17, 15) is 18.0 Å². The van der Waals surface area contributed by atoms with Gasteiger partial charge in [-0.2, -0.15) is 0 Å². The van der Waals surface area contributed by atoms with Gasteiger partial charge in [0.25, 0.3) is 0 Å². The van der Waals surface area contributed by atoms with E-state index >= 15 is 0 Å². The number of hydrogen-bond acceptors (Lipinski definition) is 4. The third kappa shape index (κ3) is 6.71. The lowest BCUT2D eigenvalue weighted by Crippen LogP contribution is -2.50. The highest BCUT2D eigenvalue weighted by atomic mass is 127. The van der Waals surface area contributed by atoms with Crippen molar-refractivity contribution in [2.75, 3.05) is 24.2 Å². The van der Waals surface area contributed by atoms with Gasteiger partial charge >= 0.3 is 0 Å². The SMILES string of the molecule is CNC(=O)[C@@H](C)N(Cc1c(Cl)cccc1Cl)C(=O)CN(c1ccc(I)cc1)S(C)(=O)=O. The minimum atomic E-state index is -3.77. The average Bonchev–Trinajstić information content (AvgIpc) is 2.70. The van der Waals surface area contributed by atoms with Crippen LogP contribution in [0.2, 0.25) is 10.0 Å². The standard InChI is InChI=1S/C20H22Cl2IN3O4S/c1-13(20(28)24-2)25(11-16-17(21)5-4-6-18(16)22)19(27)12-26(31(3,29)30)15-9-7-14(23)8-10-15/h4-10,13H,11-12H2,1-3H3,(H,24,28)/t13-/m1/s1. The van der Waals surface area contributed by atoms with Gasteiger partial charge in [0.05, 0.1) is 11.9 Å². The Labute approximate surface area is 205 Å². The van der Waals surface area contributed by atoms with Crippen LogP contribution in [0.4, 0.5) is 5.69 Å². The highest BCUT2D eigenvalue weighted by Crippen LogP contribution is 2.27. The Morgan fingerprint density at radius 2 is 1.65 bits per heavy atom. The summed E-state index contributed by atoms with van der Waals surface area (Å²) in [6.45, 7) is 1.01. The summed E-state index contributed by atoms with van der Waals surface area (Å²) >= 11 is 14.6. The van der Waals surface area contributed by atoms with Crippen LogP contribution < -0.4 is 9.62 Å². The lowest BCUT2D eigenvalue weighted by Gasteiger charge is -2.31. The van der Waals surface area contributed by atoms with E-state index in [1.807, 2.05) is 0 Å². The van der Waals surface area contributed by atoms with Gasteiger partial charge in [0.15, 0.2) is 0 Å². The Bertz CT molecular complexity index is 1040. The van der Waals surface area contributed by atoms with Crippen molar-refractivity contribution < 1.29 is 18.0 Å². The van der Waals surface area contributed by atoms with Gasteiger partial charge in [0, 0.05) is 32.8 Å². The molecule has 0 fully saturated rings. The van der Waals surface area contributed by atoms with E-state index in [1.165, 1.54) is 11.9 Å². The smallest absolute Gasteiger partial charge is 0.244 e. The Morgan fingerprint density at radius 1 is 1.10 bits per heavy atom. The van der Waals surface area contributed by atoms with E-state index in [0.29, 0.717) is 21.3 Å². The molecule has 0 unspecified atom stereocenters. The Morgan fingerprint density at radius 3 is 2.13 bits per heavy atom. The molecule has 0 aliphatic carbocycles. The first-order valence-electron chi connectivity index (χ1n) is 9.13. The Balaban J connectivity index is 2.43. The molecule has 0 radical (unpaired) electrons. The summed E-state index contributed by atoms with van der Waals surface area (Å²) in [5.74, 6) is -0.979. The molecule has 0 saturated carbocycles. The van der Waals surface area contributed by atoms with E-state index in [0.717, 1.165) is 14.1 Å². The first-order valence-corrected chi connectivity index (χ1v) is 12.8. The van der Waals surface area contributed by atoms with Gasteiger partial charge < -0.3 is 10.2 Å². The zero-order valence-electron chi connectivity index (χ0n) is 17.1. The molecular formula is C20H22Cl2IN3O4S. The lowest BCUT2D eigenvalue weighted by atomic mass is 10.1. The van der Waals surface area contributed by atoms with Gasteiger partial charge in [-0.05, 0) is 65.9 Å². The maximum Gasteiger partial charge on any atom is 0.244 e. The van der Waals surface area contributed by atoms with Crippen LogP contribution in [0, 0.1) is 3.57 Å². The molecule has 31 heavy (non-hydrogen) atoms. The number of carbonyl (C=O) groups is 2. The van der Waals surface area contributed by atoms with E-state index in [2.05, 4.69) is 27.9 Å². The minimum absolute atomic E-state index is 0.0593. The summed E-state index contributed by atoms with van der Waals surface area (Å²) < 4.78 is 26.8. The van der Waals surface area contributed by atoms with Gasteiger partial charge in [-0.15, -0.1) is 0 Å². The molecule has 2 aromatic rings. The maximum absolute atomic E-state index is 13.3.